The van der Waals surface area contributed by atoms with Crippen molar-refractivity contribution in [1.29, 1.82) is 5.26 Å². The third kappa shape index (κ3) is 4.52. The quantitative estimate of drug-likeness (QED) is 0.865. The first-order chi connectivity index (χ1) is 9.61. The van der Waals surface area contributed by atoms with Crippen molar-refractivity contribution in [2.75, 3.05) is 18.6 Å². The van der Waals surface area contributed by atoms with Crippen molar-refractivity contribution in [2.24, 2.45) is 5.92 Å². The minimum Gasteiger partial charge on any atom is -0.400 e. The van der Waals surface area contributed by atoms with Crippen molar-refractivity contribution >= 4 is 23.2 Å². The Morgan fingerprint density at radius 3 is 2.40 bits per heavy atom. The molecular weight excluding hydrogens is 276 g/mol. The van der Waals surface area contributed by atoms with Crippen LogP contribution in [-0.2, 0) is 4.79 Å². The SMILES string of the molecule is CC.CO.C[C@@H]1CC(=O)N(c2ccc(C#N)c(Cl)c2)C1. The van der Waals surface area contributed by atoms with Crippen molar-refractivity contribution in [1.82, 2.24) is 0 Å². The number of aliphatic hydroxyl groups excluding tert-OH is 1. The molecule has 1 heterocycles. The van der Waals surface area contributed by atoms with E-state index in [0.717, 1.165) is 19.3 Å². The first-order valence-electron chi connectivity index (χ1n) is 6.56. The first kappa shape index (κ1) is 18.4. The number of nitrogens with zero attached hydrogens (tertiary/aromatic N) is 2. The van der Waals surface area contributed by atoms with Crippen LogP contribution in [0.15, 0.2) is 18.2 Å². The van der Waals surface area contributed by atoms with Crippen molar-refractivity contribution in [3.05, 3.63) is 28.8 Å². The second-order valence-electron chi connectivity index (χ2n) is 4.09. The number of aliphatic hydroxyl groups is 1. The number of hydrogen-bond donors (Lipinski definition) is 1. The highest BCUT2D eigenvalue weighted by molar-refractivity contribution is 6.32. The molecule has 1 saturated heterocycles. The molecule has 0 spiro atoms. The van der Waals surface area contributed by atoms with Crippen LogP contribution < -0.4 is 4.90 Å². The van der Waals surface area contributed by atoms with Gasteiger partial charge in [-0.3, -0.25) is 4.79 Å². The van der Waals surface area contributed by atoms with E-state index in [4.69, 9.17) is 22.0 Å². The van der Waals surface area contributed by atoms with Crippen LogP contribution in [0.4, 0.5) is 5.69 Å². The van der Waals surface area contributed by atoms with Crippen molar-refractivity contribution in [3.8, 4) is 6.07 Å². The lowest BCUT2D eigenvalue weighted by Gasteiger charge is -2.16. The summed E-state index contributed by atoms with van der Waals surface area (Å²) in [7, 11) is 1.00. The van der Waals surface area contributed by atoms with Gasteiger partial charge in [-0.25, -0.2) is 0 Å². The fourth-order valence-electron chi connectivity index (χ4n) is 1.90. The average molecular weight is 297 g/mol. The summed E-state index contributed by atoms with van der Waals surface area (Å²) < 4.78 is 0. The van der Waals surface area contributed by atoms with Crippen molar-refractivity contribution in [3.63, 3.8) is 0 Å². The van der Waals surface area contributed by atoms with Gasteiger partial charge in [0.25, 0.3) is 0 Å². The molecule has 1 amide bonds. The third-order valence-electron chi connectivity index (χ3n) is 2.70. The summed E-state index contributed by atoms with van der Waals surface area (Å²) in [6.07, 6.45) is 0.581. The molecule has 1 aliphatic rings. The normalized spacial score (nSPS) is 16.6. The number of carbonyl (C=O) groups excluding carboxylic acids is 1. The van der Waals surface area contributed by atoms with E-state index in [2.05, 4.69) is 0 Å². The van der Waals surface area contributed by atoms with Crippen LogP contribution in [-0.4, -0.2) is 24.7 Å². The molecule has 4 nitrogen and oxygen atoms in total. The number of hydrogen-bond acceptors (Lipinski definition) is 3. The third-order valence-corrected chi connectivity index (χ3v) is 3.02. The Balaban J connectivity index is 0.000000829. The Morgan fingerprint density at radius 1 is 1.40 bits per heavy atom. The Bertz CT molecular complexity index is 483. The van der Waals surface area contributed by atoms with E-state index < -0.39 is 0 Å². The largest absolute Gasteiger partial charge is 0.400 e. The minimum atomic E-state index is 0.119. The number of amides is 1. The number of benzene rings is 1. The molecule has 2 rings (SSSR count). The molecule has 0 radical (unpaired) electrons. The molecule has 5 heteroatoms. The highest BCUT2D eigenvalue weighted by Gasteiger charge is 2.27. The van der Waals surface area contributed by atoms with E-state index in [1.807, 2.05) is 26.8 Å². The number of nitriles is 1. The van der Waals surface area contributed by atoms with Gasteiger partial charge in [0.15, 0.2) is 0 Å². The number of anilines is 1. The highest BCUT2D eigenvalue weighted by atomic mass is 35.5. The van der Waals surface area contributed by atoms with E-state index in [-0.39, 0.29) is 5.91 Å². The fraction of sp³-hybridized carbons (Fsp3) is 0.467. The molecule has 0 bridgehead atoms. The van der Waals surface area contributed by atoms with Crippen LogP contribution in [0.5, 0.6) is 0 Å². The summed E-state index contributed by atoms with van der Waals surface area (Å²) in [5, 5.41) is 16.1. The van der Waals surface area contributed by atoms with Gasteiger partial charge in [0.05, 0.1) is 10.6 Å². The lowest BCUT2D eigenvalue weighted by atomic mass is 10.2. The molecule has 1 aromatic rings. The van der Waals surface area contributed by atoms with Crippen molar-refractivity contribution < 1.29 is 9.90 Å². The van der Waals surface area contributed by atoms with E-state index in [1.54, 1.807) is 23.1 Å². The minimum absolute atomic E-state index is 0.119. The summed E-state index contributed by atoms with van der Waals surface area (Å²) in [6.45, 7) is 6.77. The monoisotopic (exact) mass is 296 g/mol. The summed E-state index contributed by atoms with van der Waals surface area (Å²) in [5.41, 5.74) is 1.21. The number of rotatable bonds is 1. The second kappa shape index (κ2) is 9.35. The van der Waals surface area contributed by atoms with Gasteiger partial charge in [-0.15, -0.1) is 0 Å². The summed E-state index contributed by atoms with van der Waals surface area (Å²) in [6, 6.07) is 7.09. The molecule has 110 valence electrons. The molecule has 0 saturated carbocycles. The lowest BCUT2D eigenvalue weighted by molar-refractivity contribution is -0.117. The van der Waals surface area contributed by atoms with Gasteiger partial charge in [-0.1, -0.05) is 32.4 Å². The number of carbonyl (C=O) groups is 1. The van der Waals surface area contributed by atoms with Gasteiger partial charge < -0.3 is 10.0 Å². The van der Waals surface area contributed by atoms with Gasteiger partial charge in [0.2, 0.25) is 5.91 Å². The molecule has 1 aromatic carbocycles. The maximum Gasteiger partial charge on any atom is 0.227 e. The Labute approximate surface area is 125 Å². The maximum absolute atomic E-state index is 11.7. The predicted molar refractivity (Wildman–Crippen MR) is 81.8 cm³/mol. The van der Waals surface area contributed by atoms with E-state index in [0.29, 0.717) is 22.9 Å². The zero-order valence-electron chi connectivity index (χ0n) is 12.4. The molecule has 1 aliphatic heterocycles. The maximum atomic E-state index is 11.7. The van der Waals surface area contributed by atoms with Crippen molar-refractivity contribution in [2.45, 2.75) is 27.2 Å². The van der Waals surface area contributed by atoms with E-state index >= 15 is 0 Å². The van der Waals surface area contributed by atoms with Gasteiger partial charge >= 0.3 is 0 Å². The Morgan fingerprint density at radius 2 is 2.00 bits per heavy atom. The van der Waals surface area contributed by atoms with Crippen LogP contribution >= 0.6 is 11.6 Å². The predicted octanol–water partition coefficient (Wildman–Crippen LogP) is 3.22. The first-order valence-corrected chi connectivity index (χ1v) is 6.94. The standard InChI is InChI=1S/C12H11ClN2O.C2H6.CH4O/c1-8-4-12(16)15(7-8)10-3-2-9(6-14)11(13)5-10;2*1-2/h2-3,5,8H,4,7H2,1H3;1-2H3;2H,1H3/t8-;;/m1../s1. The zero-order chi connectivity index (χ0) is 15.7. The molecule has 0 unspecified atom stereocenters. The topological polar surface area (TPSA) is 64.3 Å². The Hall–Kier alpha value is -1.57. The van der Waals surface area contributed by atoms with Crippen LogP contribution in [0.3, 0.4) is 0 Å². The average Bonchev–Trinajstić information content (AvgIpc) is 2.82. The molecular formula is C15H21ClN2O2. The Kier molecular flexibility index (Phi) is 8.62. The lowest BCUT2D eigenvalue weighted by Crippen LogP contribution is -2.24. The van der Waals surface area contributed by atoms with Gasteiger partial charge in [0.1, 0.15) is 6.07 Å². The molecule has 0 aromatic heterocycles. The summed E-state index contributed by atoms with van der Waals surface area (Å²) in [5.74, 6) is 0.496. The van der Waals surface area contributed by atoms with Gasteiger partial charge in [-0.2, -0.15) is 5.26 Å². The van der Waals surface area contributed by atoms with Gasteiger partial charge in [-0.05, 0) is 24.1 Å². The van der Waals surface area contributed by atoms with Crippen LogP contribution in [0.1, 0.15) is 32.8 Å². The summed E-state index contributed by atoms with van der Waals surface area (Å²) >= 11 is 5.93. The second-order valence-corrected chi connectivity index (χ2v) is 4.50. The van der Waals surface area contributed by atoms with E-state index in [9.17, 15) is 4.79 Å². The molecule has 1 fully saturated rings. The molecule has 0 aliphatic carbocycles. The molecule has 1 atom stereocenters. The highest BCUT2D eigenvalue weighted by Crippen LogP contribution is 2.28. The smallest absolute Gasteiger partial charge is 0.227 e. The zero-order valence-corrected chi connectivity index (χ0v) is 13.1. The van der Waals surface area contributed by atoms with E-state index in [1.165, 1.54) is 0 Å². The van der Waals surface area contributed by atoms with Crippen LogP contribution in [0.2, 0.25) is 5.02 Å². The fourth-order valence-corrected chi connectivity index (χ4v) is 2.12. The summed E-state index contributed by atoms with van der Waals surface area (Å²) in [4.78, 5) is 13.4. The van der Waals surface area contributed by atoms with Crippen LogP contribution in [0.25, 0.3) is 0 Å². The molecule has 20 heavy (non-hydrogen) atoms. The van der Waals surface area contributed by atoms with Crippen LogP contribution in [0, 0.1) is 17.2 Å². The number of halogens is 1. The molecule has 1 N–H and O–H groups in total. The van der Waals surface area contributed by atoms with Gasteiger partial charge in [0, 0.05) is 25.8 Å².